The van der Waals surface area contributed by atoms with Crippen molar-refractivity contribution in [3.8, 4) is 11.3 Å². The topological polar surface area (TPSA) is 114 Å². The maximum atomic E-state index is 13.3. The molecular weight excluding hydrogens is 412 g/mol. The molecule has 0 atom stereocenters. The van der Waals surface area contributed by atoms with Crippen LogP contribution in [0.1, 0.15) is 21.7 Å². The van der Waals surface area contributed by atoms with E-state index in [1.54, 1.807) is 35.2 Å². The molecule has 32 heavy (non-hydrogen) atoms. The van der Waals surface area contributed by atoms with Gasteiger partial charge >= 0.3 is 5.97 Å². The number of carboxylic acid groups (broad SMARTS) is 1. The molecule has 0 aliphatic carbocycles. The lowest BCUT2D eigenvalue weighted by Crippen LogP contribution is -2.21. The average molecular weight is 428 g/mol. The van der Waals surface area contributed by atoms with Crippen molar-refractivity contribution in [2.75, 3.05) is 5.01 Å². The number of hydrogen-bond acceptors (Lipinski definition) is 6. The van der Waals surface area contributed by atoms with Crippen molar-refractivity contribution in [3.63, 3.8) is 0 Å². The van der Waals surface area contributed by atoms with Gasteiger partial charge in [0.2, 0.25) is 0 Å². The minimum Gasteiger partial charge on any atom is -0.478 e. The van der Waals surface area contributed by atoms with Gasteiger partial charge in [0, 0.05) is 18.8 Å². The molecule has 0 bridgehead atoms. The molecule has 5 rings (SSSR count). The number of amides is 1. The molecule has 1 N–H and O–H groups in total. The Kier molecular flexibility index (Phi) is 4.55. The maximum Gasteiger partial charge on any atom is 0.335 e. The summed E-state index contributed by atoms with van der Waals surface area (Å²) in [6.07, 6.45) is 8.15. The standard InChI is InChI=1S/C23H16N4O5/c1-26-12-16(11-24-26)20-7-6-18(32-20)10-19-21(15-8-9-31-13-15)25-27(22(19)28)17-4-2-14(3-5-17)23(29)30/h2-13H,1H3,(H,29,30)/b19-10-. The van der Waals surface area contributed by atoms with E-state index in [1.807, 2.05) is 13.2 Å². The van der Waals surface area contributed by atoms with Gasteiger partial charge in [-0.15, -0.1) is 0 Å². The van der Waals surface area contributed by atoms with Crippen LogP contribution in [0, 0.1) is 0 Å². The van der Waals surface area contributed by atoms with Crippen LogP contribution in [0.5, 0.6) is 0 Å². The van der Waals surface area contributed by atoms with Gasteiger partial charge in [-0.3, -0.25) is 9.48 Å². The van der Waals surface area contributed by atoms with Gasteiger partial charge in [0.1, 0.15) is 17.2 Å². The van der Waals surface area contributed by atoms with Crippen LogP contribution in [0.3, 0.4) is 0 Å². The highest BCUT2D eigenvalue weighted by Gasteiger charge is 2.33. The number of carbonyl (C=O) groups is 2. The first kappa shape index (κ1) is 19.3. The van der Waals surface area contributed by atoms with E-state index in [-0.39, 0.29) is 11.5 Å². The normalized spacial score (nSPS) is 14.9. The lowest BCUT2D eigenvalue weighted by Gasteiger charge is -2.11. The van der Waals surface area contributed by atoms with E-state index >= 15 is 0 Å². The third-order valence-electron chi connectivity index (χ3n) is 4.93. The second-order valence-corrected chi connectivity index (χ2v) is 7.09. The van der Waals surface area contributed by atoms with E-state index in [0.29, 0.717) is 34.1 Å². The molecular formula is C23H16N4O5. The molecule has 0 radical (unpaired) electrons. The molecule has 0 spiro atoms. The molecule has 1 aliphatic rings. The number of anilines is 1. The van der Waals surface area contributed by atoms with Gasteiger partial charge in [0.15, 0.2) is 0 Å². The Bertz CT molecular complexity index is 1370. The van der Waals surface area contributed by atoms with E-state index in [2.05, 4.69) is 10.2 Å². The van der Waals surface area contributed by atoms with Gasteiger partial charge in [-0.25, -0.2) is 4.79 Å². The first-order chi connectivity index (χ1) is 15.5. The van der Waals surface area contributed by atoms with Crippen molar-refractivity contribution in [1.82, 2.24) is 9.78 Å². The zero-order valence-corrected chi connectivity index (χ0v) is 16.8. The van der Waals surface area contributed by atoms with Crippen molar-refractivity contribution in [3.05, 3.63) is 89.8 Å². The van der Waals surface area contributed by atoms with Gasteiger partial charge in [0.05, 0.1) is 41.1 Å². The number of carboxylic acids is 1. The van der Waals surface area contributed by atoms with E-state index in [4.69, 9.17) is 13.9 Å². The Balaban J connectivity index is 1.52. The molecule has 0 fully saturated rings. The Morgan fingerprint density at radius 3 is 2.56 bits per heavy atom. The van der Waals surface area contributed by atoms with Crippen LogP contribution in [-0.2, 0) is 11.8 Å². The van der Waals surface area contributed by atoms with Gasteiger partial charge < -0.3 is 13.9 Å². The number of aryl methyl sites for hydroxylation is 1. The average Bonchev–Trinajstić information content (AvgIpc) is 3.57. The minimum absolute atomic E-state index is 0.119. The molecule has 1 aliphatic heterocycles. The zero-order valence-electron chi connectivity index (χ0n) is 16.8. The number of furan rings is 2. The molecule has 4 aromatic rings. The Hall–Kier alpha value is -4.66. The number of hydrazone groups is 1. The SMILES string of the molecule is Cn1cc(-c2ccc(/C=C3\C(=O)N(c4ccc(C(=O)O)cc4)N=C3c3ccoc3)o2)cn1. The predicted octanol–water partition coefficient (Wildman–Crippen LogP) is 3.81. The fraction of sp³-hybridized carbons (Fsp3) is 0.0435. The monoisotopic (exact) mass is 428 g/mol. The van der Waals surface area contributed by atoms with Crippen LogP contribution in [0.2, 0.25) is 0 Å². The fourth-order valence-corrected chi connectivity index (χ4v) is 3.35. The summed E-state index contributed by atoms with van der Waals surface area (Å²) in [6.45, 7) is 0. The largest absolute Gasteiger partial charge is 0.478 e. The summed E-state index contributed by atoms with van der Waals surface area (Å²) in [5.74, 6) is -0.317. The zero-order chi connectivity index (χ0) is 22.2. The van der Waals surface area contributed by atoms with E-state index in [0.717, 1.165) is 5.56 Å². The first-order valence-electron chi connectivity index (χ1n) is 9.59. The van der Waals surface area contributed by atoms with Crippen molar-refractivity contribution >= 4 is 29.4 Å². The third-order valence-corrected chi connectivity index (χ3v) is 4.93. The summed E-state index contributed by atoms with van der Waals surface area (Å²) in [6, 6.07) is 11.2. The van der Waals surface area contributed by atoms with Crippen LogP contribution in [0.4, 0.5) is 5.69 Å². The van der Waals surface area contributed by atoms with Crippen LogP contribution in [0.25, 0.3) is 17.4 Å². The van der Waals surface area contributed by atoms with Crippen molar-refractivity contribution in [1.29, 1.82) is 0 Å². The molecule has 158 valence electrons. The number of carbonyl (C=O) groups excluding carboxylic acids is 1. The molecule has 0 unspecified atom stereocenters. The summed E-state index contributed by atoms with van der Waals surface area (Å²) >= 11 is 0. The molecule has 9 nitrogen and oxygen atoms in total. The summed E-state index contributed by atoms with van der Waals surface area (Å²) in [5, 5.41) is 18.9. The second kappa shape index (κ2) is 7.55. The summed E-state index contributed by atoms with van der Waals surface area (Å²) in [4.78, 5) is 24.4. The van der Waals surface area contributed by atoms with Crippen molar-refractivity contribution < 1.29 is 23.5 Å². The molecule has 0 saturated carbocycles. The molecule has 1 amide bonds. The molecule has 3 aromatic heterocycles. The lowest BCUT2D eigenvalue weighted by molar-refractivity contribution is -0.114. The fourth-order valence-electron chi connectivity index (χ4n) is 3.35. The predicted molar refractivity (Wildman–Crippen MR) is 115 cm³/mol. The van der Waals surface area contributed by atoms with Crippen LogP contribution < -0.4 is 5.01 Å². The van der Waals surface area contributed by atoms with Crippen molar-refractivity contribution in [2.45, 2.75) is 0 Å². The number of benzene rings is 1. The quantitative estimate of drug-likeness (QED) is 0.484. The number of hydrogen-bond donors (Lipinski definition) is 1. The van der Waals surface area contributed by atoms with Gasteiger partial charge in [-0.2, -0.15) is 15.2 Å². The smallest absolute Gasteiger partial charge is 0.335 e. The summed E-state index contributed by atoms with van der Waals surface area (Å²) < 4.78 is 12.7. The number of rotatable bonds is 5. The third kappa shape index (κ3) is 3.41. The molecule has 0 saturated heterocycles. The maximum absolute atomic E-state index is 13.3. The van der Waals surface area contributed by atoms with Crippen LogP contribution >= 0.6 is 0 Å². The second-order valence-electron chi connectivity index (χ2n) is 7.09. The van der Waals surface area contributed by atoms with E-state index in [1.165, 1.54) is 41.8 Å². The van der Waals surface area contributed by atoms with Gasteiger partial charge in [0.25, 0.3) is 5.91 Å². The van der Waals surface area contributed by atoms with Crippen molar-refractivity contribution in [2.24, 2.45) is 12.1 Å². The minimum atomic E-state index is -1.05. The molecule has 9 heteroatoms. The molecule has 4 heterocycles. The highest BCUT2D eigenvalue weighted by Crippen LogP contribution is 2.30. The van der Waals surface area contributed by atoms with E-state index < -0.39 is 5.97 Å². The Labute approximate surface area is 181 Å². The Morgan fingerprint density at radius 1 is 1.09 bits per heavy atom. The first-order valence-corrected chi connectivity index (χ1v) is 9.59. The highest BCUT2D eigenvalue weighted by atomic mass is 16.4. The Morgan fingerprint density at radius 2 is 1.91 bits per heavy atom. The number of nitrogens with zero attached hydrogens (tertiary/aromatic N) is 4. The number of aromatic nitrogens is 2. The van der Waals surface area contributed by atoms with Gasteiger partial charge in [-0.05, 0) is 48.5 Å². The lowest BCUT2D eigenvalue weighted by atomic mass is 10.0. The highest BCUT2D eigenvalue weighted by molar-refractivity contribution is 6.37. The number of aromatic carboxylic acids is 1. The van der Waals surface area contributed by atoms with E-state index in [9.17, 15) is 9.59 Å². The summed E-state index contributed by atoms with van der Waals surface area (Å²) in [5.41, 5.74) is 2.76. The van der Waals surface area contributed by atoms with Crippen LogP contribution in [0.15, 0.2) is 86.9 Å². The summed E-state index contributed by atoms with van der Waals surface area (Å²) in [7, 11) is 1.82. The van der Waals surface area contributed by atoms with Crippen LogP contribution in [-0.4, -0.2) is 32.5 Å². The van der Waals surface area contributed by atoms with Gasteiger partial charge in [-0.1, -0.05) is 0 Å². The molecule has 1 aromatic carbocycles.